The lowest BCUT2D eigenvalue weighted by Gasteiger charge is -2.03. The molecule has 2 aromatic rings. The summed E-state index contributed by atoms with van der Waals surface area (Å²) in [5, 5.41) is 0.569. The number of aromatic nitrogens is 2. The second kappa shape index (κ2) is 4.86. The van der Waals surface area contributed by atoms with Gasteiger partial charge in [-0.25, -0.2) is 4.98 Å². The molecule has 88 valence electrons. The van der Waals surface area contributed by atoms with E-state index >= 15 is 0 Å². The minimum atomic E-state index is 0.569. The highest BCUT2D eigenvalue weighted by Gasteiger charge is 2.20. The van der Waals surface area contributed by atoms with Crippen LogP contribution in [0.15, 0.2) is 34.9 Å². The Hall–Kier alpha value is -0.740. The van der Waals surface area contributed by atoms with Crippen molar-refractivity contribution in [2.24, 2.45) is 0 Å². The maximum absolute atomic E-state index is 4.51. The summed E-state index contributed by atoms with van der Waals surface area (Å²) in [7, 11) is 0. The zero-order chi connectivity index (χ0) is 11.7. The molecule has 0 spiro atoms. The third-order valence-electron chi connectivity index (χ3n) is 2.99. The van der Waals surface area contributed by atoms with E-state index in [1.165, 1.54) is 24.2 Å². The van der Waals surface area contributed by atoms with Crippen molar-refractivity contribution < 1.29 is 0 Å². The minimum Gasteiger partial charge on any atom is -0.341 e. The Labute approximate surface area is 113 Å². The van der Waals surface area contributed by atoms with E-state index in [1.54, 1.807) is 0 Å². The van der Waals surface area contributed by atoms with Gasteiger partial charge in [-0.2, -0.15) is 11.8 Å². The Bertz CT molecular complexity index is 500. The first-order valence-electron chi connectivity index (χ1n) is 5.75. The maximum atomic E-state index is 4.51. The van der Waals surface area contributed by atoms with E-state index in [0.29, 0.717) is 5.25 Å². The smallest absolute Gasteiger partial charge is 0.119 e. The summed E-state index contributed by atoms with van der Waals surface area (Å²) in [5.41, 5.74) is 2.30. The lowest BCUT2D eigenvalue weighted by molar-refractivity contribution is 0.790. The molecule has 1 aromatic carbocycles. The van der Waals surface area contributed by atoms with E-state index in [9.17, 15) is 0 Å². The van der Waals surface area contributed by atoms with Gasteiger partial charge in [0.05, 0.1) is 17.1 Å². The largest absolute Gasteiger partial charge is 0.341 e. The second-order valence-electron chi connectivity index (χ2n) is 4.19. The van der Waals surface area contributed by atoms with Crippen LogP contribution in [-0.2, 0) is 0 Å². The molecule has 0 bridgehead atoms. The van der Waals surface area contributed by atoms with Crippen molar-refractivity contribution in [3.63, 3.8) is 0 Å². The fourth-order valence-electron chi connectivity index (χ4n) is 2.07. The molecule has 0 unspecified atom stereocenters. The van der Waals surface area contributed by atoms with Crippen molar-refractivity contribution in [1.82, 2.24) is 9.97 Å². The van der Waals surface area contributed by atoms with Gasteiger partial charge in [0.1, 0.15) is 5.82 Å². The molecule has 4 heteroatoms. The molecule has 1 aliphatic rings. The maximum Gasteiger partial charge on any atom is 0.119 e. The lowest BCUT2D eigenvalue weighted by atomic mass is 10.2. The number of rotatable bonds is 2. The van der Waals surface area contributed by atoms with Gasteiger partial charge in [0.25, 0.3) is 0 Å². The highest BCUT2D eigenvalue weighted by Crippen LogP contribution is 2.38. The van der Waals surface area contributed by atoms with Crippen LogP contribution in [0.2, 0.25) is 0 Å². The summed E-state index contributed by atoms with van der Waals surface area (Å²) in [5.74, 6) is 2.39. The number of hydrogen-bond acceptors (Lipinski definition) is 2. The van der Waals surface area contributed by atoms with E-state index < -0.39 is 0 Å². The Kier molecular flexibility index (Phi) is 3.25. The van der Waals surface area contributed by atoms with Crippen molar-refractivity contribution in [3.8, 4) is 11.3 Å². The molecular formula is C13H13BrN2S. The number of halogens is 1. The first-order valence-corrected chi connectivity index (χ1v) is 7.59. The van der Waals surface area contributed by atoms with Gasteiger partial charge in [0.2, 0.25) is 0 Å². The molecule has 2 heterocycles. The van der Waals surface area contributed by atoms with Gasteiger partial charge in [-0.05, 0) is 36.3 Å². The quantitative estimate of drug-likeness (QED) is 0.890. The number of H-pyrrole nitrogens is 1. The van der Waals surface area contributed by atoms with Crippen LogP contribution in [-0.4, -0.2) is 15.7 Å². The van der Waals surface area contributed by atoms with Gasteiger partial charge in [-0.15, -0.1) is 0 Å². The molecule has 1 N–H and O–H groups in total. The van der Waals surface area contributed by atoms with E-state index in [0.717, 1.165) is 16.0 Å². The zero-order valence-electron chi connectivity index (χ0n) is 9.32. The van der Waals surface area contributed by atoms with Crippen LogP contribution in [0.5, 0.6) is 0 Å². The van der Waals surface area contributed by atoms with Crippen LogP contribution in [0.1, 0.15) is 23.9 Å². The van der Waals surface area contributed by atoms with Gasteiger partial charge >= 0.3 is 0 Å². The molecule has 2 nitrogen and oxygen atoms in total. The average Bonchev–Trinajstić information content (AvgIpc) is 3.00. The number of imidazole rings is 1. The van der Waals surface area contributed by atoms with Crippen LogP contribution >= 0.6 is 27.7 Å². The van der Waals surface area contributed by atoms with Crippen molar-refractivity contribution in [2.45, 2.75) is 18.1 Å². The number of nitrogens with one attached hydrogen (secondary N) is 1. The van der Waals surface area contributed by atoms with E-state index in [4.69, 9.17) is 0 Å². The van der Waals surface area contributed by atoms with Gasteiger partial charge in [0.15, 0.2) is 0 Å². The molecular weight excluding hydrogens is 296 g/mol. The molecule has 1 aliphatic heterocycles. The van der Waals surface area contributed by atoms with Crippen molar-refractivity contribution in [2.75, 3.05) is 5.75 Å². The number of nitrogens with zero attached hydrogens (tertiary/aromatic N) is 1. The van der Waals surface area contributed by atoms with Crippen LogP contribution in [0, 0.1) is 0 Å². The Morgan fingerprint density at radius 3 is 2.82 bits per heavy atom. The molecule has 0 amide bonds. The molecule has 1 aromatic heterocycles. The topological polar surface area (TPSA) is 28.7 Å². The van der Waals surface area contributed by atoms with E-state index in [2.05, 4.69) is 50.2 Å². The Morgan fingerprint density at radius 2 is 2.12 bits per heavy atom. The van der Waals surface area contributed by atoms with Crippen LogP contribution in [0.3, 0.4) is 0 Å². The monoisotopic (exact) mass is 308 g/mol. The molecule has 0 saturated carbocycles. The lowest BCUT2D eigenvalue weighted by Crippen LogP contribution is -1.91. The van der Waals surface area contributed by atoms with Gasteiger partial charge < -0.3 is 4.98 Å². The van der Waals surface area contributed by atoms with Crippen LogP contribution in [0.25, 0.3) is 11.3 Å². The Morgan fingerprint density at radius 1 is 1.29 bits per heavy atom. The predicted octanol–water partition coefficient (Wildman–Crippen LogP) is 4.41. The van der Waals surface area contributed by atoms with Gasteiger partial charge in [-0.3, -0.25) is 0 Å². The summed E-state index contributed by atoms with van der Waals surface area (Å²) < 4.78 is 1.10. The average molecular weight is 309 g/mol. The second-order valence-corrected chi connectivity index (χ2v) is 6.42. The summed E-state index contributed by atoms with van der Waals surface area (Å²) in [4.78, 5) is 7.95. The van der Waals surface area contributed by atoms with Crippen LogP contribution in [0.4, 0.5) is 0 Å². The summed E-state index contributed by atoms with van der Waals surface area (Å²) in [6.07, 6.45) is 4.50. The number of hydrogen-bond donors (Lipinski definition) is 1. The van der Waals surface area contributed by atoms with Crippen molar-refractivity contribution in [1.29, 1.82) is 0 Å². The zero-order valence-corrected chi connectivity index (χ0v) is 11.7. The first kappa shape index (κ1) is 11.4. The molecule has 0 radical (unpaired) electrons. The molecule has 17 heavy (non-hydrogen) atoms. The van der Waals surface area contributed by atoms with E-state index in [-0.39, 0.29) is 0 Å². The highest BCUT2D eigenvalue weighted by atomic mass is 79.9. The third-order valence-corrected chi connectivity index (χ3v) is 4.90. The molecule has 3 rings (SSSR count). The summed E-state index contributed by atoms with van der Waals surface area (Å²) >= 11 is 5.45. The number of benzene rings is 1. The van der Waals surface area contributed by atoms with Gasteiger partial charge in [0, 0.05) is 4.47 Å². The molecule has 1 fully saturated rings. The first-order chi connectivity index (χ1) is 8.33. The highest BCUT2D eigenvalue weighted by molar-refractivity contribution is 9.10. The fraction of sp³-hybridized carbons (Fsp3) is 0.308. The predicted molar refractivity (Wildman–Crippen MR) is 76.2 cm³/mol. The molecule has 1 atom stereocenters. The molecule has 1 saturated heterocycles. The number of thioether (sulfide) groups is 1. The Balaban J connectivity index is 1.86. The third kappa shape index (κ3) is 2.43. The minimum absolute atomic E-state index is 0.569. The number of aromatic amines is 1. The van der Waals surface area contributed by atoms with Gasteiger partial charge in [-0.1, -0.05) is 28.1 Å². The van der Waals surface area contributed by atoms with Crippen molar-refractivity contribution in [3.05, 3.63) is 40.8 Å². The molecule has 0 aliphatic carbocycles. The standard InChI is InChI=1S/C13H13BrN2S/c14-10-5-3-9(4-6-10)11-8-15-13(16-11)12-2-1-7-17-12/h3-6,8,12H,1-2,7H2,(H,15,16)/t12-/m1/s1. The summed E-state index contributed by atoms with van der Waals surface area (Å²) in [6.45, 7) is 0. The van der Waals surface area contributed by atoms with Crippen molar-refractivity contribution >= 4 is 27.7 Å². The SMILES string of the molecule is Brc1ccc(-c2cnc([C@H]3CCCS3)[nH]2)cc1. The van der Waals surface area contributed by atoms with Crippen LogP contribution < -0.4 is 0 Å². The normalized spacial score (nSPS) is 19.7. The summed E-state index contributed by atoms with van der Waals surface area (Å²) in [6, 6.07) is 8.31. The fourth-order valence-corrected chi connectivity index (χ4v) is 3.56. The van der Waals surface area contributed by atoms with E-state index in [1.807, 2.05) is 18.0 Å².